The smallest absolute Gasteiger partial charge is 0.407 e. The van der Waals surface area contributed by atoms with Crippen LogP contribution in [0, 0.1) is 11.8 Å². The number of nitrogens with one attached hydrogen (secondary N) is 2. The first-order valence-corrected chi connectivity index (χ1v) is 7.72. The molecule has 1 rings (SSSR count). The van der Waals surface area contributed by atoms with E-state index in [-0.39, 0.29) is 12.1 Å². The zero-order valence-corrected chi connectivity index (χ0v) is 13.4. The van der Waals surface area contributed by atoms with Crippen molar-refractivity contribution < 1.29 is 9.53 Å². The van der Waals surface area contributed by atoms with E-state index in [1.54, 1.807) is 0 Å². The van der Waals surface area contributed by atoms with Crippen molar-refractivity contribution in [2.45, 2.75) is 58.6 Å². The average Bonchev–Trinajstić information content (AvgIpc) is 3.14. The van der Waals surface area contributed by atoms with Gasteiger partial charge in [0.15, 0.2) is 0 Å². The van der Waals surface area contributed by atoms with E-state index in [0.29, 0.717) is 13.1 Å². The molecule has 1 aliphatic rings. The molecule has 0 radical (unpaired) electrons. The Morgan fingerprint density at radius 2 is 2.05 bits per heavy atom. The highest BCUT2D eigenvalue weighted by Crippen LogP contribution is 2.36. The van der Waals surface area contributed by atoms with Gasteiger partial charge < -0.3 is 21.1 Å². The largest absolute Gasteiger partial charge is 0.444 e. The normalized spacial score (nSPS) is 18.4. The quantitative estimate of drug-likeness (QED) is 0.636. The average molecular weight is 285 g/mol. The Kier molecular flexibility index (Phi) is 6.76. The van der Waals surface area contributed by atoms with E-state index < -0.39 is 5.60 Å². The molecule has 1 aliphatic carbocycles. The molecule has 0 aliphatic heterocycles. The number of rotatable bonds is 8. The topological polar surface area (TPSA) is 76.4 Å². The Balaban J connectivity index is 2.12. The molecule has 1 amide bonds. The lowest BCUT2D eigenvalue weighted by atomic mass is 10.1. The van der Waals surface area contributed by atoms with Crippen LogP contribution in [-0.4, -0.2) is 37.4 Å². The van der Waals surface area contributed by atoms with Crippen LogP contribution in [-0.2, 0) is 4.74 Å². The fraction of sp³-hybridized carbons (Fsp3) is 0.933. The highest BCUT2D eigenvalue weighted by Gasteiger charge is 2.27. The zero-order chi connectivity index (χ0) is 15.2. The van der Waals surface area contributed by atoms with E-state index in [9.17, 15) is 4.79 Å². The van der Waals surface area contributed by atoms with Gasteiger partial charge in [0.1, 0.15) is 5.60 Å². The Hall–Kier alpha value is -0.810. The Bertz CT molecular complexity index is 298. The van der Waals surface area contributed by atoms with Gasteiger partial charge in [0.25, 0.3) is 0 Å². The lowest BCUT2D eigenvalue weighted by molar-refractivity contribution is 0.0526. The Labute approximate surface area is 123 Å². The first kappa shape index (κ1) is 17.2. The first-order chi connectivity index (χ1) is 9.31. The molecule has 0 saturated heterocycles. The van der Waals surface area contributed by atoms with Gasteiger partial charge in [0.2, 0.25) is 0 Å². The Morgan fingerprint density at radius 3 is 2.55 bits per heavy atom. The second kappa shape index (κ2) is 7.84. The summed E-state index contributed by atoms with van der Waals surface area (Å²) < 4.78 is 5.19. The van der Waals surface area contributed by atoms with Gasteiger partial charge in [-0.2, -0.15) is 0 Å². The van der Waals surface area contributed by atoms with Crippen molar-refractivity contribution in [3.8, 4) is 0 Å². The van der Waals surface area contributed by atoms with Crippen molar-refractivity contribution in [3.63, 3.8) is 0 Å². The standard InChI is InChI=1S/C15H31N3O2/c1-11(12-5-6-12)10-18-13(9-16)7-8-17-14(19)20-15(2,3)4/h11-13,18H,5-10,16H2,1-4H3,(H,17,19). The lowest BCUT2D eigenvalue weighted by Gasteiger charge is -2.22. The summed E-state index contributed by atoms with van der Waals surface area (Å²) in [4.78, 5) is 11.5. The van der Waals surface area contributed by atoms with Crippen LogP contribution in [0.1, 0.15) is 47.0 Å². The predicted molar refractivity (Wildman–Crippen MR) is 81.6 cm³/mol. The summed E-state index contributed by atoms with van der Waals surface area (Å²) in [7, 11) is 0. The van der Waals surface area contributed by atoms with E-state index in [1.807, 2.05) is 20.8 Å². The van der Waals surface area contributed by atoms with Crippen LogP contribution >= 0.6 is 0 Å². The van der Waals surface area contributed by atoms with Gasteiger partial charge in [-0.25, -0.2) is 4.79 Å². The predicted octanol–water partition coefficient (Wildman–Crippen LogP) is 1.86. The monoisotopic (exact) mass is 285 g/mol. The summed E-state index contributed by atoms with van der Waals surface area (Å²) in [5.74, 6) is 1.63. The number of carbonyl (C=O) groups is 1. The number of alkyl carbamates (subject to hydrolysis) is 1. The van der Waals surface area contributed by atoms with Gasteiger partial charge in [0.05, 0.1) is 0 Å². The molecule has 0 aromatic rings. The minimum Gasteiger partial charge on any atom is -0.444 e. The van der Waals surface area contributed by atoms with Crippen molar-refractivity contribution in [3.05, 3.63) is 0 Å². The molecule has 2 unspecified atom stereocenters. The van der Waals surface area contributed by atoms with Crippen LogP contribution in [0.5, 0.6) is 0 Å². The molecule has 0 heterocycles. The summed E-state index contributed by atoms with van der Waals surface area (Å²) in [6.07, 6.45) is 3.21. The number of nitrogens with two attached hydrogens (primary N) is 1. The number of carbonyl (C=O) groups excluding carboxylic acids is 1. The molecule has 118 valence electrons. The second-order valence-corrected chi connectivity index (χ2v) is 6.87. The first-order valence-electron chi connectivity index (χ1n) is 7.72. The molecule has 0 spiro atoms. The maximum absolute atomic E-state index is 11.5. The minimum atomic E-state index is -0.449. The third kappa shape index (κ3) is 7.70. The maximum atomic E-state index is 11.5. The molecule has 1 saturated carbocycles. The number of hydrogen-bond donors (Lipinski definition) is 3. The summed E-state index contributed by atoms with van der Waals surface area (Å²) in [6, 6.07) is 0.256. The molecule has 0 aromatic carbocycles. The van der Waals surface area contributed by atoms with Crippen LogP contribution in [0.2, 0.25) is 0 Å². The van der Waals surface area contributed by atoms with Crippen LogP contribution in [0.25, 0.3) is 0 Å². The molecule has 2 atom stereocenters. The van der Waals surface area contributed by atoms with Gasteiger partial charge >= 0.3 is 6.09 Å². The molecule has 1 fully saturated rings. The Morgan fingerprint density at radius 1 is 1.40 bits per heavy atom. The summed E-state index contributed by atoms with van der Waals surface area (Å²) in [5, 5.41) is 6.27. The third-order valence-corrected chi connectivity index (χ3v) is 3.60. The maximum Gasteiger partial charge on any atom is 0.407 e. The van der Waals surface area contributed by atoms with Gasteiger partial charge in [-0.15, -0.1) is 0 Å². The molecular weight excluding hydrogens is 254 g/mol. The van der Waals surface area contributed by atoms with Crippen molar-refractivity contribution >= 4 is 6.09 Å². The molecule has 5 heteroatoms. The van der Waals surface area contributed by atoms with Crippen molar-refractivity contribution in [2.75, 3.05) is 19.6 Å². The van der Waals surface area contributed by atoms with E-state index in [4.69, 9.17) is 10.5 Å². The fourth-order valence-corrected chi connectivity index (χ4v) is 2.15. The van der Waals surface area contributed by atoms with Crippen LogP contribution in [0.4, 0.5) is 4.79 Å². The van der Waals surface area contributed by atoms with E-state index >= 15 is 0 Å². The summed E-state index contributed by atoms with van der Waals surface area (Å²) >= 11 is 0. The molecule has 5 nitrogen and oxygen atoms in total. The summed E-state index contributed by atoms with van der Waals surface area (Å²) in [5.41, 5.74) is 5.31. The van der Waals surface area contributed by atoms with Gasteiger partial charge in [-0.1, -0.05) is 6.92 Å². The lowest BCUT2D eigenvalue weighted by Crippen LogP contribution is -2.42. The molecular formula is C15H31N3O2. The fourth-order valence-electron chi connectivity index (χ4n) is 2.15. The summed E-state index contributed by atoms with van der Waals surface area (Å²) in [6.45, 7) is 10.0. The minimum absolute atomic E-state index is 0.256. The van der Waals surface area contributed by atoms with Crippen LogP contribution in [0.15, 0.2) is 0 Å². The van der Waals surface area contributed by atoms with Crippen molar-refractivity contribution in [2.24, 2.45) is 17.6 Å². The molecule has 20 heavy (non-hydrogen) atoms. The van der Waals surface area contributed by atoms with Crippen molar-refractivity contribution in [1.82, 2.24) is 10.6 Å². The second-order valence-electron chi connectivity index (χ2n) is 6.87. The highest BCUT2D eigenvalue weighted by molar-refractivity contribution is 5.67. The molecule has 0 bridgehead atoms. The SMILES string of the molecule is CC(CNC(CN)CCNC(=O)OC(C)(C)C)C1CC1. The van der Waals surface area contributed by atoms with E-state index in [1.165, 1.54) is 12.8 Å². The molecule has 4 N–H and O–H groups in total. The highest BCUT2D eigenvalue weighted by atomic mass is 16.6. The van der Waals surface area contributed by atoms with Crippen LogP contribution < -0.4 is 16.4 Å². The number of hydrogen-bond acceptors (Lipinski definition) is 4. The third-order valence-electron chi connectivity index (χ3n) is 3.60. The van der Waals surface area contributed by atoms with Crippen LogP contribution in [0.3, 0.4) is 0 Å². The molecule has 0 aromatic heterocycles. The van der Waals surface area contributed by atoms with E-state index in [2.05, 4.69) is 17.6 Å². The van der Waals surface area contributed by atoms with Gasteiger partial charge in [-0.05, 0) is 58.4 Å². The van der Waals surface area contributed by atoms with Gasteiger partial charge in [-0.3, -0.25) is 0 Å². The van der Waals surface area contributed by atoms with E-state index in [0.717, 1.165) is 24.8 Å². The van der Waals surface area contributed by atoms with Crippen molar-refractivity contribution in [1.29, 1.82) is 0 Å². The zero-order valence-electron chi connectivity index (χ0n) is 13.4. The number of amides is 1. The number of ether oxygens (including phenoxy) is 1. The van der Waals surface area contributed by atoms with Gasteiger partial charge in [0, 0.05) is 19.1 Å².